The third kappa shape index (κ3) is 6.07. The predicted octanol–water partition coefficient (Wildman–Crippen LogP) is 7.15. The molecule has 1 heterocycles. The zero-order chi connectivity index (χ0) is 20.4. The molecule has 28 heavy (non-hydrogen) atoms. The fraction of sp³-hybridized carbons (Fsp3) is 0.400. The van der Waals surface area contributed by atoms with E-state index in [1.54, 1.807) is 0 Å². The summed E-state index contributed by atoms with van der Waals surface area (Å²) in [6, 6.07) is 22.9. The standard InChI is InChI=1S/C20H30IO3PSi3/c1-26(2)22-27(3,4)24-28(5,23-26)17-16-25(21)20(18-12-8-6-9-13-18)19-14-10-7-11-15-19/h6-15,20H,16-17H2,1-5H3. The number of hydrogen-bond acceptors (Lipinski definition) is 3. The van der Waals surface area contributed by atoms with Gasteiger partial charge in [0.15, 0.2) is 0 Å². The summed E-state index contributed by atoms with van der Waals surface area (Å²) in [6.45, 7) is 10.9. The summed E-state index contributed by atoms with van der Waals surface area (Å²) in [6.07, 6.45) is 1.14. The molecule has 3 nitrogen and oxygen atoms in total. The molecule has 1 unspecified atom stereocenters. The van der Waals surface area contributed by atoms with Crippen LogP contribution in [0, 0.1) is 0 Å². The molecule has 2 aromatic rings. The van der Waals surface area contributed by atoms with Crippen LogP contribution in [0.3, 0.4) is 0 Å². The van der Waals surface area contributed by atoms with Gasteiger partial charge >= 0.3 is 25.7 Å². The summed E-state index contributed by atoms with van der Waals surface area (Å²) in [5, 5.41) is 0. The summed E-state index contributed by atoms with van der Waals surface area (Å²) in [5.41, 5.74) is 2.96. The maximum absolute atomic E-state index is 6.51. The first-order valence-corrected chi connectivity index (χ1v) is 22.3. The molecule has 3 rings (SSSR count). The van der Waals surface area contributed by atoms with Crippen LogP contribution in [-0.4, -0.2) is 31.8 Å². The van der Waals surface area contributed by atoms with Crippen molar-refractivity contribution in [3.8, 4) is 0 Å². The molecular weight excluding hydrogens is 530 g/mol. The van der Waals surface area contributed by atoms with E-state index in [0.717, 1.165) is 12.2 Å². The van der Waals surface area contributed by atoms with E-state index in [0.29, 0.717) is 5.66 Å². The van der Waals surface area contributed by atoms with E-state index in [4.69, 9.17) is 12.3 Å². The van der Waals surface area contributed by atoms with E-state index in [1.807, 2.05) is 0 Å². The van der Waals surface area contributed by atoms with Gasteiger partial charge in [-0.1, -0.05) is 82.7 Å². The van der Waals surface area contributed by atoms with Crippen LogP contribution >= 0.6 is 27.6 Å². The molecule has 0 aromatic heterocycles. The van der Waals surface area contributed by atoms with Gasteiger partial charge in [0.25, 0.3) is 0 Å². The molecule has 0 radical (unpaired) electrons. The number of benzene rings is 2. The Morgan fingerprint density at radius 1 is 0.750 bits per heavy atom. The van der Waals surface area contributed by atoms with E-state index >= 15 is 0 Å². The van der Waals surface area contributed by atoms with Crippen LogP contribution in [0.25, 0.3) is 0 Å². The third-order valence-corrected chi connectivity index (χ3v) is 22.5. The van der Waals surface area contributed by atoms with Crippen LogP contribution in [0.1, 0.15) is 16.8 Å². The Balaban J connectivity index is 1.78. The van der Waals surface area contributed by atoms with Gasteiger partial charge in [0.2, 0.25) is 0 Å². The number of halogens is 1. The SMILES string of the molecule is C[Si]1(C)O[Si](C)(C)O[Si](C)(CCP(I)C(c2ccccc2)c2ccccc2)O1. The van der Waals surface area contributed by atoms with Gasteiger partial charge in [-0.2, -0.15) is 0 Å². The van der Waals surface area contributed by atoms with E-state index < -0.39 is 25.7 Å². The second-order valence-electron chi connectivity index (χ2n) is 8.34. The molecule has 0 bridgehead atoms. The average Bonchev–Trinajstić information content (AvgIpc) is 2.59. The first kappa shape index (κ1) is 22.8. The first-order chi connectivity index (χ1) is 13.1. The molecule has 1 aliphatic heterocycles. The molecule has 0 aliphatic carbocycles. The van der Waals surface area contributed by atoms with Crippen molar-refractivity contribution in [3.05, 3.63) is 71.8 Å². The molecule has 0 amide bonds. The highest BCUT2D eigenvalue weighted by Crippen LogP contribution is 2.61. The van der Waals surface area contributed by atoms with Gasteiger partial charge in [0, 0.05) is 5.66 Å². The highest BCUT2D eigenvalue weighted by molar-refractivity contribution is 14.2. The van der Waals surface area contributed by atoms with Crippen molar-refractivity contribution < 1.29 is 12.3 Å². The van der Waals surface area contributed by atoms with Gasteiger partial charge < -0.3 is 12.3 Å². The largest absolute Gasteiger partial charge is 0.416 e. The summed E-state index contributed by atoms with van der Waals surface area (Å²) >= 11 is 2.70. The highest BCUT2D eigenvalue weighted by atomic mass is 127. The molecule has 152 valence electrons. The summed E-state index contributed by atoms with van der Waals surface area (Å²) in [4.78, 5) is 0. The van der Waals surface area contributed by atoms with Crippen molar-refractivity contribution >= 4 is 53.3 Å². The van der Waals surface area contributed by atoms with Gasteiger partial charge in [0.1, 0.15) is 0 Å². The normalized spacial score (nSPS) is 21.4. The Morgan fingerprint density at radius 3 is 1.61 bits per heavy atom. The molecular formula is C20H30IO3PSi3. The molecule has 1 fully saturated rings. The van der Waals surface area contributed by atoms with Crippen molar-refractivity contribution in [1.82, 2.24) is 0 Å². The van der Waals surface area contributed by atoms with E-state index in [9.17, 15) is 0 Å². The zero-order valence-corrected chi connectivity index (χ0v) is 23.4. The molecule has 0 spiro atoms. The second kappa shape index (κ2) is 9.10. The van der Waals surface area contributed by atoms with E-state index in [1.165, 1.54) is 11.1 Å². The van der Waals surface area contributed by atoms with Gasteiger partial charge in [-0.15, -0.1) is 0 Å². The maximum Gasteiger partial charge on any atom is 0.317 e. The van der Waals surface area contributed by atoms with Crippen LogP contribution in [0.2, 0.25) is 38.8 Å². The average molecular weight is 561 g/mol. The lowest BCUT2D eigenvalue weighted by Crippen LogP contribution is -2.65. The molecule has 8 heteroatoms. The maximum atomic E-state index is 6.51. The minimum absolute atomic E-state index is 0.280. The van der Waals surface area contributed by atoms with Crippen LogP contribution in [0.4, 0.5) is 0 Å². The minimum atomic E-state index is -2.21. The molecule has 2 aromatic carbocycles. The fourth-order valence-electron chi connectivity index (χ4n) is 4.02. The zero-order valence-electron chi connectivity index (χ0n) is 17.3. The molecule has 1 aliphatic rings. The van der Waals surface area contributed by atoms with Gasteiger partial charge in [-0.3, -0.25) is 0 Å². The second-order valence-corrected chi connectivity index (χ2v) is 24.6. The topological polar surface area (TPSA) is 27.7 Å². The Kier molecular flexibility index (Phi) is 7.41. The molecule has 0 saturated carbocycles. The number of hydrogen-bond donors (Lipinski definition) is 0. The summed E-state index contributed by atoms with van der Waals surface area (Å²) < 4.78 is 19.2. The predicted molar refractivity (Wildman–Crippen MR) is 135 cm³/mol. The van der Waals surface area contributed by atoms with Crippen molar-refractivity contribution in [1.29, 1.82) is 0 Å². The van der Waals surface area contributed by atoms with Gasteiger partial charge in [-0.25, -0.2) is 0 Å². The lowest BCUT2D eigenvalue weighted by Gasteiger charge is -2.48. The van der Waals surface area contributed by atoms with E-state index in [2.05, 4.69) is 115 Å². The Morgan fingerprint density at radius 2 is 1.18 bits per heavy atom. The first-order valence-electron chi connectivity index (χ1n) is 9.72. The van der Waals surface area contributed by atoms with Crippen LogP contribution in [-0.2, 0) is 12.3 Å². The summed E-state index contributed by atoms with van der Waals surface area (Å²) in [5.74, 6) is 0. The Bertz CT molecular complexity index is 721. The van der Waals surface area contributed by atoms with Crippen LogP contribution < -0.4 is 0 Å². The minimum Gasteiger partial charge on any atom is -0.416 e. The Hall–Kier alpha value is 0.131. The van der Waals surface area contributed by atoms with Gasteiger partial charge in [0.05, 0.1) is 0 Å². The Labute approximate surface area is 187 Å². The number of rotatable bonds is 6. The van der Waals surface area contributed by atoms with Crippen LogP contribution in [0.15, 0.2) is 60.7 Å². The lowest BCUT2D eigenvalue weighted by atomic mass is 10.0. The fourth-order valence-corrected chi connectivity index (χ4v) is 27.3. The van der Waals surface area contributed by atoms with E-state index in [-0.39, 0.29) is 5.56 Å². The van der Waals surface area contributed by atoms with Crippen molar-refractivity contribution in [2.24, 2.45) is 0 Å². The van der Waals surface area contributed by atoms with Crippen molar-refractivity contribution in [2.75, 3.05) is 6.16 Å². The van der Waals surface area contributed by atoms with Crippen LogP contribution in [0.5, 0.6) is 0 Å². The third-order valence-electron chi connectivity index (χ3n) is 4.71. The van der Waals surface area contributed by atoms with Gasteiger partial charge in [-0.05, 0) is 61.6 Å². The molecule has 0 N–H and O–H groups in total. The van der Waals surface area contributed by atoms with Crippen molar-refractivity contribution in [2.45, 2.75) is 44.4 Å². The summed E-state index contributed by atoms with van der Waals surface area (Å²) in [7, 11) is -6.38. The molecule has 1 atom stereocenters. The smallest absolute Gasteiger partial charge is 0.317 e. The monoisotopic (exact) mass is 560 g/mol. The lowest BCUT2D eigenvalue weighted by molar-refractivity contribution is 0.233. The highest BCUT2D eigenvalue weighted by Gasteiger charge is 2.52. The van der Waals surface area contributed by atoms with Crippen molar-refractivity contribution in [3.63, 3.8) is 0 Å². The quantitative estimate of drug-likeness (QED) is 0.213. The molecule has 1 saturated heterocycles.